The third-order valence-corrected chi connectivity index (χ3v) is 3.31. The number of anilines is 1. The summed E-state index contributed by atoms with van der Waals surface area (Å²) in [6.45, 7) is 2.98. The summed E-state index contributed by atoms with van der Waals surface area (Å²) in [4.78, 5) is 19.1. The van der Waals surface area contributed by atoms with Gasteiger partial charge in [-0.1, -0.05) is 5.92 Å². The number of hydrogen-bond donors (Lipinski definition) is 4. The van der Waals surface area contributed by atoms with Gasteiger partial charge in [0.25, 0.3) is 0 Å². The van der Waals surface area contributed by atoms with Crippen LogP contribution >= 0.6 is 0 Å². The van der Waals surface area contributed by atoms with Gasteiger partial charge in [0, 0.05) is 0 Å². The summed E-state index contributed by atoms with van der Waals surface area (Å²) in [6.07, 6.45) is -3.32. The first-order chi connectivity index (χ1) is 9.81. The quantitative estimate of drug-likeness (QED) is 0.440. The van der Waals surface area contributed by atoms with Crippen molar-refractivity contribution in [3.63, 3.8) is 0 Å². The summed E-state index contributed by atoms with van der Waals surface area (Å²) in [5.74, 6) is 5.05. The fourth-order valence-corrected chi connectivity index (χ4v) is 2.30. The Hall–Kier alpha value is -1.99. The maximum atomic E-state index is 11.9. The molecule has 5 atom stereocenters. The molecule has 6 N–H and O–H groups in total. The lowest BCUT2D eigenvalue weighted by molar-refractivity contribution is -0.0781. The van der Waals surface area contributed by atoms with Crippen LogP contribution in [0.1, 0.15) is 20.1 Å². The average molecular weight is 295 g/mol. The lowest BCUT2D eigenvalue weighted by Crippen LogP contribution is -2.55. The van der Waals surface area contributed by atoms with Gasteiger partial charge in [0.2, 0.25) is 5.95 Å². The molecule has 114 valence electrons. The molecule has 1 saturated heterocycles. The molecule has 1 fully saturated rings. The molecule has 1 aliphatic heterocycles. The van der Waals surface area contributed by atoms with Gasteiger partial charge in [0.1, 0.15) is 18.5 Å². The normalized spacial score (nSPS) is 33.3. The molecular formula is C12H17N5O4. The highest BCUT2D eigenvalue weighted by Gasteiger charge is 2.55. The number of nitrogen functional groups attached to an aromatic ring is 1. The molecule has 1 aromatic rings. The summed E-state index contributed by atoms with van der Waals surface area (Å²) in [5, 5.41) is 20.0. The van der Waals surface area contributed by atoms with E-state index in [1.165, 1.54) is 13.8 Å². The van der Waals surface area contributed by atoms with Crippen LogP contribution in [0.25, 0.3) is 0 Å². The van der Waals surface area contributed by atoms with Gasteiger partial charge in [-0.15, -0.1) is 5.92 Å². The average Bonchev–Trinajstić information content (AvgIpc) is 2.64. The summed E-state index contributed by atoms with van der Waals surface area (Å²) in [7, 11) is 0. The molecule has 0 radical (unpaired) electrons. The smallest absolute Gasteiger partial charge is 0.354 e. The van der Waals surface area contributed by atoms with Crippen LogP contribution in [-0.2, 0) is 4.74 Å². The first-order valence-electron chi connectivity index (χ1n) is 6.26. The molecule has 9 nitrogen and oxygen atoms in total. The molecule has 0 aromatic carbocycles. The molecule has 0 amide bonds. The number of rotatable bonds is 2. The minimum atomic E-state index is -1.58. The number of aliphatic hydroxyl groups excluding tert-OH is 2. The molecule has 2 rings (SSSR count). The van der Waals surface area contributed by atoms with E-state index in [0.29, 0.717) is 0 Å². The zero-order chi connectivity index (χ0) is 15.8. The predicted molar refractivity (Wildman–Crippen MR) is 72.7 cm³/mol. The highest BCUT2D eigenvalue weighted by Crippen LogP contribution is 2.36. The summed E-state index contributed by atoms with van der Waals surface area (Å²) < 4.78 is 6.52. The molecule has 1 unspecified atom stereocenters. The van der Waals surface area contributed by atoms with Crippen molar-refractivity contribution < 1.29 is 14.9 Å². The van der Waals surface area contributed by atoms with Crippen molar-refractivity contribution in [1.29, 1.82) is 0 Å². The van der Waals surface area contributed by atoms with Crippen molar-refractivity contribution in [1.82, 2.24) is 14.5 Å². The lowest BCUT2D eigenvalue weighted by Gasteiger charge is -2.27. The Kier molecular flexibility index (Phi) is 3.97. The van der Waals surface area contributed by atoms with Crippen LogP contribution in [0.4, 0.5) is 5.95 Å². The van der Waals surface area contributed by atoms with Gasteiger partial charge >= 0.3 is 5.69 Å². The largest absolute Gasteiger partial charge is 0.391 e. The third kappa shape index (κ3) is 2.50. The second-order valence-electron chi connectivity index (χ2n) is 4.85. The van der Waals surface area contributed by atoms with E-state index in [1.807, 2.05) is 0 Å². The van der Waals surface area contributed by atoms with Crippen molar-refractivity contribution >= 4 is 5.95 Å². The number of nitrogens with zero attached hydrogens (tertiary/aromatic N) is 3. The van der Waals surface area contributed by atoms with Crippen molar-refractivity contribution in [2.24, 2.45) is 5.73 Å². The van der Waals surface area contributed by atoms with Crippen molar-refractivity contribution in [3.05, 3.63) is 16.8 Å². The molecule has 0 spiro atoms. The number of aliphatic hydroxyl groups is 2. The van der Waals surface area contributed by atoms with Gasteiger partial charge in [-0.05, 0) is 13.8 Å². The molecule has 0 aliphatic carbocycles. The SMILES string of the molecule is CC#CC1(N)[C@@H](O)[C@@H]([C@H](C)O)O[C@H]1n1cnc(N)nc1=O. The second-order valence-corrected chi connectivity index (χ2v) is 4.85. The minimum Gasteiger partial charge on any atom is -0.391 e. The van der Waals surface area contributed by atoms with E-state index in [0.717, 1.165) is 10.9 Å². The highest BCUT2D eigenvalue weighted by atomic mass is 16.5. The van der Waals surface area contributed by atoms with Crippen molar-refractivity contribution in [2.45, 2.75) is 43.9 Å². The minimum absolute atomic E-state index is 0.189. The molecule has 0 bridgehead atoms. The highest BCUT2D eigenvalue weighted by molar-refractivity contribution is 5.25. The van der Waals surface area contributed by atoms with Crippen LogP contribution in [0.15, 0.2) is 11.1 Å². The van der Waals surface area contributed by atoms with Crippen LogP contribution in [0.3, 0.4) is 0 Å². The summed E-state index contributed by atoms with van der Waals surface area (Å²) in [5.41, 5.74) is 9.13. The van der Waals surface area contributed by atoms with E-state index in [4.69, 9.17) is 16.2 Å². The van der Waals surface area contributed by atoms with E-state index in [-0.39, 0.29) is 5.95 Å². The van der Waals surface area contributed by atoms with Crippen molar-refractivity contribution in [3.8, 4) is 11.8 Å². The Balaban J connectivity index is 2.54. The van der Waals surface area contributed by atoms with Crippen LogP contribution < -0.4 is 17.2 Å². The molecule has 0 saturated carbocycles. The van der Waals surface area contributed by atoms with Crippen LogP contribution in [0.2, 0.25) is 0 Å². The first-order valence-corrected chi connectivity index (χ1v) is 6.26. The summed E-state index contributed by atoms with van der Waals surface area (Å²) in [6, 6.07) is 0. The van der Waals surface area contributed by atoms with Crippen molar-refractivity contribution in [2.75, 3.05) is 5.73 Å². The third-order valence-electron chi connectivity index (χ3n) is 3.31. The molecule has 9 heteroatoms. The number of aromatic nitrogens is 3. The van der Waals surface area contributed by atoms with Gasteiger partial charge in [-0.3, -0.25) is 4.57 Å². The van der Waals surface area contributed by atoms with E-state index in [2.05, 4.69) is 21.8 Å². The zero-order valence-electron chi connectivity index (χ0n) is 11.6. The van der Waals surface area contributed by atoms with Gasteiger partial charge < -0.3 is 26.4 Å². The molecule has 2 heterocycles. The number of hydrogen-bond acceptors (Lipinski definition) is 8. The van der Waals surface area contributed by atoms with Crippen LogP contribution in [-0.4, -0.2) is 48.6 Å². The van der Waals surface area contributed by atoms with Crippen LogP contribution in [0.5, 0.6) is 0 Å². The predicted octanol–water partition coefficient (Wildman–Crippen LogP) is -2.42. The Bertz CT molecular complexity index is 649. The second kappa shape index (κ2) is 5.42. The van der Waals surface area contributed by atoms with Gasteiger partial charge in [0.15, 0.2) is 11.8 Å². The monoisotopic (exact) mass is 295 g/mol. The van der Waals surface area contributed by atoms with E-state index < -0.39 is 35.8 Å². The Morgan fingerprint density at radius 2 is 2.29 bits per heavy atom. The fraction of sp³-hybridized carbons (Fsp3) is 0.583. The Morgan fingerprint density at radius 1 is 1.62 bits per heavy atom. The fourth-order valence-electron chi connectivity index (χ4n) is 2.30. The Morgan fingerprint density at radius 3 is 2.81 bits per heavy atom. The number of ether oxygens (including phenoxy) is 1. The first kappa shape index (κ1) is 15.4. The van der Waals surface area contributed by atoms with Gasteiger partial charge in [-0.2, -0.15) is 4.98 Å². The number of nitrogens with two attached hydrogens (primary N) is 2. The zero-order valence-corrected chi connectivity index (χ0v) is 11.6. The molecule has 1 aliphatic rings. The van der Waals surface area contributed by atoms with E-state index in [9.17, 15) is 15.0 Å². The molecule has 1 aromatic heterocycles. The maximum Gasteiger partial charge on any atom is 0.354 e. The van der Waals surface area contributed by atoms with Gasteiger partial charge in [-0.25, -0.2) is 9.78 Å². The standard InChI is InChI=1S/C12H17N5O4/c1-3-4-12(14)8(19)7(6(2)18)21-9(12)17-5-15-10(13)16-11(17)20/h5-9,18-19H,14H2,1-2H3,(H2,13,16,20)/t6-,7+,8-,9+,12?/m0/s1. The topological polar surface area (TPSA) is 150 Å². The van der Waals surface area contributed by atoms with E-state index >= 15 is 0 Å². The maximum absolute atomic E-state index is 11.9. The van der Waals surface area contributed by atoms with Gasteiger partial charge in [0.05, 0.1) is 6.10 Å². The molecule has 21 heavy (non-hydrogen) atoms. The van der Waals surface area contributed by atoms with E-state index in [1.54, 1.807) is 0 Å². The lowest BCUT2D eigenvalue weighted by atomic mass is 9.90. The summed E-state index contributed by atoms with van der Waals surface area (Å²) >= 11 is 0. The Labute approximate surface area is 120 Å². The molecular weight excluding hydrogens is 278 g/mol. The van der Waals surface area contributed by atoms with Crippen LogP contribution in [0, 0.1) is 11.8 Å².